The highest BCUT2D eigenvalue weighted by Gasteiger charge is 2.17. The van der Waals surface area contributed by atoms with Crippen LogP contribution < -0.4 is 15.4 Å². The lowest BCUT2D eigenvalue weighted by Gasteiger charge is -2.09. The molecule has 4 aromatic rings. The second kappa shape index (κ2) is 8.78. The van der Waals surface area contributed by atoms with E-state index in [1.807, 2.05) is 19.9 Å². The second-order valence-electron chi connectivity index (χ2n) is 7.18. The van der Waals surface area contributed by atoms with Crippen LogP contribution in [0.3, 0.4) is 0 Å². The van der Waals surface area contributed by atoms with Crippen LogP contribution in [0.4, 0.5) is 21.3 Å². The number of urea groups is 1. The number of nitrogens with zero attached hydrogens (tertiary/aromatic N) is 1. The largest absolute Gasteiger partial charge is 0.323 e. The molecule has 0 saturated carbocycles. The molecule has 0 aliphatic carbocycles. The number of anilines is 3. The van der Waals surface area contributed by atoms with Gasteiger partial charge in [0.05, 0.1) is 25.8 Å². The number of hydrogen-bond acceptors (Lipinski definition) is 5. The number of aryl methyl sites for hydroxylation is 2. The summed E-state index contributed by atoms with van der Waals surface area (Å²) in [4.78, 5) is 16.9. The maximum absolute atomic E-state index is 12.6. The first-order chi connectivity index (χ1) is 15.2. The zero-order valence-electron chi connectivity index (χ0n) is 17.1. The molecule has 0 aliphatic rings. The Morgan fingerprint density at radius 1 is 0.938 bits per heavy atom. The van der Waals surface area contributed by atoms with E-state index in [1.165, 1.54) is 11.3 Å². The van der Waals surface area contributed by atoms with Crippen molar-refractivity contribution in [1.82, 2.24) is 4.98 Å². The summed E-state index contributed by atoms with van der Waals surface area (Å²) in [6.45, 7) is 3.80. The number of carbonyl (C=O) groups excluding carboxylic acids is 1. The fraction of sp³-hybridized carbons (Fsp3) is 0.0909. The van der Waals surface area contributed by atoms with E-state index in [0.29, 0.717) is 21.9 Å². The topological polar surface area (TPSA) is 100 Å². The number of aromatic nitrogens is 1. The van der Waals surface area contributed by atoms with Gasteiger partial charge in [0.1, 0.15) is 0 Å². The van der Waals surface area contributed by atoms with Crippen molar-refractivity contribution in [3.63, 3.8) is 0 Å². The Labute approximate surface area is 194 Å². The van der Waals surface area contributed by atoms with Crippen LogP contribution in [-0.2, 0) is 10.0 Å². The van der Waals surface area contributed by atoms with Crippen molar-refractivity contribution < 1.29 is 13.2 Å². The Kier molecular flexibility index (Phi) is 6.05. The third-order valence-electron chi connectivity index (χ3n) is 4.57. The van der Waals surface area contributed by atoms with Gasteiger partial charge in [-0.1, -0.05) is 46.7 Å². The first-order valence-electron chi connectivity index (χ1n) is 9.54. The smallest absolute Gasteiger partial charge is 0.308 e. The highest BCUT2D eigenvalue weighted by Crippen LogP contribution is 2.30. The summed E-state index contributed by atoms with van der Waals surface area (Å²) >= 11 is 7.36. The monoisotopic (exact) mass is 486 g/mol. The second-order valence-corrected chi connectivity index (χ2v) is 10.3. The van der Waals surface area contributed by atoms with Gasteiger partial charge >= 0.3 is 6.03 Å². The van der Waals surface area contributed by atoms with E-state index in [1.54, 1.807) is 54.6 Å². The Bertz CT molecular complexity index is 1420. The van der Waals surface area contributed by atoms with E-state index in [9.17, 15) is 13.2 Å². The van der Waals surface area contributed by atoms with E-state index in [2.05, 4.69) is 20.3 Å². The number of thiazole rings is 1. The van der Waals surface area contributed by atoms with Crippen molar-refractivity contribution in [2.45, 2.75) is 18.7 Å². The summed E-state index contributed by atoms with van der Waals surface area (Å²) in [6, 6.07) is 16.6. The van der Waals surface area contributed by atoms with Gasteiger partial charge in [0.15, 0.2) is 5.13 Å². The number of amides is 2. The predicted octanol–water partition coefficient (Wildman–Crippen LogP) is 6.01. The van der Waals surface area contributed by atoms with E-state index in [0.717, 1.165) is 15.8 Å². The van der Waals surface area contributed by atoms with Crippen LogP contribution in [0.2, 0.25) is 5.02 Å². The zero-order valence-corrected chi connectivity index (χ0v) is 19.5. The van der Waals surface area contributed by atoms with Gasteiger partial charge < -0.3 is 10.6 Å². The standard InChI is InChI=1S/C22H19ClN4O3S2/c1-13-3-7-16(8-4-13)32(29,30)27-22-26-19-12-15(6-10-20(19)31-22)24-21(28)25-18-9-5-14(2)11-17(18)23/h3-12H,1-2H3,(H,26,27)(H2,24,25,28). The van der Waals surface area contributed by atoms with E-state index in [4.69, 9.17) is 11.6 Å². The SMILES string of the molecule is Cc1ccc(S(=O)(=O)Nc2nc3cc(NC(=O)Nc4ccc(C)cc4Cl)ccc3s2)cc1. The number of carbonyl (C=O) groups is 1. The third-order valence-corrected chi connectivity index (χ3v) is 7.32. The fourth-order valence-electron chi connectivity index (χ4n) is 2.95. The zero-order chi connectivity index (χ0) is 22.9. The maximum Gasteiger partial charge on any atom is 0.323 e. The van der Waals surface area contributed by atoms with Crippen molar-refractivity contribution >= 4 is 65.7 Å². The molecule has 1 aromatic heterocycles. The van der Waals surface area contributed by atoms with Gasteiger partial charge in [-0.05, 0) is 61.9 Å². The van der Waals surface area contributed by atoms with E-state index >= 15 is 0 Å². The average Bonchev–Trinajstić information content (AvgIpc) is 3.11. The molecule has 2 amide bonds. The summed E-state index contributed by atoms with van der Waals surface area (Å²) in [5, 5.41) is 6.12. The molecule has 3 aromatic carbocycles. The lowest BCUT2D eigenvalue weighted by Crippen LogP contribution is -2.19. The Balaban J connectivity index is 1.49. The lowest BCUT2D eigenvalue weighted by atomic mass is 10.2. The number of benzene rings is 3. The molecule has 10 heteroatoms. The molecular weight excluding hydrogens is 468 g/mol. The van der Waals surface area contributed by atoms with E-state index in [-0.39, 0.29) is 10.0 Å². The lowest BCUT2D eigenvalue weighted by molar-refractivity contribution is 0.262. The molecule has 164 valence electrons. The van der Waals surface area contributed by atoms with Gasteiger partial charge in [0.2, 0.25) is 0 Å². The van der Waals surface area contributed by atoms with Crippen LogP contribution in [0, 0.1) is 13.8 Å². The minimum absolute atomic E-state index is 0.163. The van der Waals surface area contributed by atoms with Crippen molar-refractivity contribution in [1.29, 1.82) is 0 Å². The molecule has 7 nitrogen and oxygen atoms in total. The number of sulfonamides is 1. The summed E-state index contributed by atoms with van der Waals surface area (Å²) in [6.07, 6.45) is 0. The van der Waals surface area contributed by atoms with Gasteiger partial charge in [0.25, 0.3) is 10.0 Å². The molecule has 3 N–H and O–H groups in total. The highest BCUT2D eigenvalue weighted by molar-refractivity contribution is 7.93. The molecule has 0 atom stereocenters. The number of halogens is 1. The Hall–Kier alpha value is -3.14. The maximum atomic E-state index is 12.6. The molecule has 32 heavy (non-hydrogen) atoms. The van der Waals surface area contributed by atoms with Crippen LogP contribution >= 0.6 is 22.9 Å². The molecule has 4 rings (SSSR count). The van der Waals surface area contributed by atoms with Gasteiger partial charge in [-0.2, -0.15) is 0 Å². The average molecular weight is 487 g/mol. The van der Waals surface area contributed by atoms with Crippen molar-refractivity contribution in [2.75, 3.05) is 15.4 Å². The summed E-state index contributed by atoms with van der Waals surface area (Å²) in [5.41, 5.74) is 3.53. The number of fused-ring (bicyclic) bond motifs is 1. The van der Waals surface area contributed by atoms with Crippen molar-refractivity contribution in [3.05, 3.63) is 76.8 Å². The summed E-state index contributed by atoms with van der Waals surface area (Å²) in [7, 11) is -3.74. The number of nitrogens with one attached hydrogen (secondary N) is 3. The van der Waals surface area contributed by atoms with Gasteiger partial charge in [0, 0.05) is 5.69 Å². The molecule has 1 heterocycles. The molecule has 0 spiro atoms. The quantitative estimate of drug-likeness (QED) is 0.321. The predicted molar refractivity (Wildman–Crippen MR) is 130 cm³/mol. The number of hydrogen-bond donors (Lipinski definition) is 3. The van der Waals surface area contributed by atoms with E-state index < -0.39 is 16.1 Å². The minimum atomic E-state index is -3.74. The van der Waals surface area contributed by atoms with Crippen LogP contribution in [0.5, 0.6) is 0 Å². The van der Waals surface area contributed by atoms with Crippen LogP contribution in [0.15, 0.2) is 65.6 Å². The minimum Gasteiger partial charge on any atom is -0.308 e. The molecule has 0 bridgehead atoms. The normalized spacial score (nSPS) is 11.3. The first-order valence-corrected chi connectivity index (χ1v) is 12.2. The van der Waals surface area contributed by atoms with Crippen molar-refractivity contribution in [3.8, 4) is 0 Å². The van der Waals surface area contributed by atoms with Gasteiger partial charge in [-0.15, -0.1) is 0 Å². The van der Waals surface area contributed by atoms with Gasteiger partial charge in [-0.3, -0.25) is 4.72 Å². The van der Waals surface area contributed by atoms with Crippen LogP contribution in [0.25, 0.3) is 10.2 Å². The van der Waals surface area contributed by atoms with Crippen molar-refractivity contribution in [2.24, 2.45) is 0 Å². The first kappa shape index (κ1) is 22.1. The van der Waals surface area contributed by atoms with Crippen LogP contribution in [0.1, 0.15) is 11.1 Å². The molecule has 0 unspecified atom stereocenters. The molecule has 0 fully saturated rings. The van der Waals surface area contributed by atoms with Gasteiger partial charge in [-0.25, -0.2) is 18.2 Å². The summed E-state index contributed by atoms with van der Waals surface area (Å²) in [5.74, 6) is 0. The Morgan fingerprint density at radius 2 is 1.66 bits per heavy atom. The molecule has 0 saturated heterocycles. The Morgan fingerprint density at radius 3 is 2.38 bits per heavy atom. The highest BCUT2D eigenvalue weighted by atomic mass is 35.5. The summed E-state index contributed by atoms with van der Waals surface area (Å²) < 4.78 is 28.5. The van der Waals surface area contributed by atoms with Crippen LogP contribution in [-0.4, -0.2) is 19.4 Å². The molecule has 0 aliphatic heterocycles. The molecular formula is C22H19ClN4O3S2. The number of rotatable bonds is 5. The molecule has 0 radical (unpaired) electrons. The third kappa shape index (κ3) is 5.01. The fourth-order valence-corrected chi connectivity index (χ4v) is 5.31.